The van der Waals surface area contributed by atoms with Crippen molar-refractivity contribution in [3.63, 3.8) is 0 Å². The lowest BCUT2D eigenvalue weighted by Gasteiger charge is -2.03. The van der Waals surface area contributed by atoms with E-state index in [1.54, 1.807) is 10.8 Å². The van der Waals surface area contributed by atoms with Crippen molar-refractivity contribution in [3.05, 3.63) is 30.6 Å². The molecule has 0 atom stereocenters. The Balaban J connectivity index is 2.14. The maximum absolute atomic E-state index is 10.5. The highest BCUT2D eigenvalue weighted by Gasteiger charge is 2.10. The highest BCUT2D eigenvalue weighted by molar-refractivity contribution is 7.19. The zero-order valence-corrected chi connectivity index (χ0v) is 9.39. The van der Waals surface area contributed by atoms with Gasteiger partial charge in [-0.2, -0.15) is 9.61 Å². The van der Waals surface area contributed by atoms with Gasteiger partial charge in [-0.05, 0) is 12.1 Å². The van der Waals surface area contributed by atoms with Crippen LogP contribution in [0.5, 0.6) is 0 Å². The van der Waals surface area contributed by atoms with Crippen molar-refractivity contribution in [3.8, 4) is 10.6 Å². The van der Waals surface area contributed by atoms with Crippen LogP contribution in [0.3, 0.4) is 0 Å². The number of para-hydroxylation sites is 1. The molecule has 0 spiro atoms. The summed E-state index contributed by atoms with van der Waals surface area (Å²) in [6, 6.07) is 7.48. The first kappa shape index (κ1) is 9.91. The first-order valence-electron chi connectivity index (χ1n) is 4.85. The molecule has 0 bridgehead atoms. The molecular weight excluding hydrogens is 238 g/mol. The molecule has 2 aromatic heterocycles. The van der Waals surface area contributed by atoms with Gasteiger partial charge in [0.1, 0.15) is 11.3 Å². The van der Waals surface area contributed by atoms with Crippen LogP contribution in [-0.4, -0.2) is 26.2 Å². The summed E-state index contributed by atoms with van der Waals surface area (Å²) in [6.07, 6.45) is 2.20. The van der Waals surface area contributed by atoms with Gasteiger partial charge in [0.05, 0.1) is 5.69 Å². The van der Waals surface area contributed by atoms with Gasteiger partial charge >= 0.3 is 0 Å². The predicted molar refractivity (Wildman–Crippen MR) is 63.8 cm³/mol. The van der Waals surface area contributed by atoms with Gasteiger partial charge in [-0.1, -0.05) is 23.5 Å². The maximum atomic E-state index is 10.5. The van der Waals surface area contributed by atoms with Crippen LogP contribution < -0.4 is 5.32 Å². The molecule has 1 N–H and O–H groups in total. The Morgan fingerprint density at radius 2 is 2.24 bits per heavy atom. The van der Waals surface area contributed by atoms with E-state index in [9.17, 15) is 4.79 Å². The van der Waals surface area contributed by atoms with E-state index in [2.05, 4.69) is 20.6 Å². The van der Waals surface area contributed by atoms with E-state index in [0.717, 1.165) is 21.2 Å². The zero-order valence-electron chi connectivity index (χ0n) is 8.57. The van der Waals surface area contributed by atoms with Crippen molar-refractivity contribution in [1.82, 2.24) is 19.8 Å². The number of fused-ring (bicyclic) bond motifs is 1. The fraction of sp³-hybridized carbons (Fsp3) is 0. The van der Waals surface area contributed by atoms with E-state index >= 15 is 0 Å². The third kappa shape index (κ3) is 1.66. The van der Waals surface area contributed by atoms with Gasteiger partial charge in [0, 0.05) is 5.56 Å². The van der Waals surface area contributed by atoms with Gasteiger partial charge in [0.2, 0.25) is 11.4 Å². The van der Waals surface area contributed by atoms with Crippen molar-refractivity contribution in [2.45, 2.75) is 0 Å². The lowest BCUT2D eigenvalue weighted by Crippen LogP contribution is -1.96. The summed E-state index contributed by atoms with van der Waals surface area (Å²) in [4.78, 5) is 11.2. The third-order valence-corrected chi connectivity index (χ3v) is 3.20. The number of carbonyl (C=O) groups excluding carboxylic acids is 1. The van der Waals surface area contributed by atoms with Gasteiger partial charge in [-0.25, -0.2) is 0 Å². The minimum Gasteiger partial charge on any atom is -0.328 e. The molecule has 0 unspecified atom stereocenters. The molecule has 3 rings (SSSR count). The SMILES string of the molecule is O=CNc1ccccc1-c1nn2cnnc2s1. The molecule has 0 saturated heterocycles. The van der Waals surface area contributed by atoms with Crippen molar-refractivity contribution in [2.24, 2.45) is 0 Å². The van der Waals surface area contributed by atoms with Gasteiger partial charge in [0.15, 0.2) is 0 Å². The normalized spacial score (nSPS) is 10.6. The summed E-state index contributed by atoms with van der Waals surface area (Å²) >= 11 is 1.42. The number of benzene rings is 1. The smallest absolute Gasteiger partial charge is 0.234 e. The summed E-state index contributed by atoms with van der Waals surface area (Å²) in [6.45, 7) is 0. The van der Waals surface area contributed by atoms with Gasteiger partial charge < -0.3 is 5.32 Å². The van der Waals surface area contributed by atoms with E-state index in [4.69, 9.17) is 0 Å². The second-order valence-corrected chi connectivity index (χ2v) is 4.23. The summed E-state index contributed by atoms with van der Waals surface area (Å²) in [5, 5.41) is 15.4. The first-order chi connectivity index (χ1) is 8.38. The molecular formula is C10H7N5OS. The Morgan fingerprint density at radius 1 is 1.35 bits per heavy atom. The summed E-state index contributed by atoms with van der Waals surface area (Å²) in [7, 11) is 0. The van der Waals surface area contributed by atoms with Gasteiger partial charge in [0.25, 0.3) is 0 Å². The molecule has 7 heteroatoms. The van der Waals surface area contributed by atoms with Crippen LogP contribution in [-0.2, 0) is 4.79 Å². The first-order valence-corrected chi connectivity index (χ1v) is 5.66. The van der Waals surface area contributed by atoms with Crippen molar-refractivity contribution < 1.29 is 4.79 Å². The molecule has 1 amide bonds. The topological polar surface area (TPSA) is 72.2 Å². The fourth-order valence-electron chi connectivity index (χ4n) is 1.53. The molecule has 3 aromatic rings. The number of rotatable bonds is 3. The Labute approximate surface area is 99.9 Å². The molecule has 6 nitrogen and oxygen atoms in total. The fourth-order valence-corrected chi connectivity index (χ4v) is 2.39. The highest BCUT2D eigenvalue weighted by atomic mass is 32.1. The van der Waals surface area contributed by atoms with E-state index < -0.39 is 0 Å². The molecule has 0 radical (unpaired) electrons. The van der Waals surface area contributed by atoms with Crippen molar-refractivity contribution in [2.75, 3.05) is 5.32 Å². The number of aromatic nitrogens is 4. The Hall–Kier alpha value is -2.28. The third-order valence-electron chi connectivity index (χ3n) is 2.26. The standard InChI is InChI=1S/C10H7N5OS/c16-6-11-8-4-2-1-3-7(8)9-14-15-5-12-13-10(15)17-9/h1-6H,(H,11,16). The average molecular weight is 245 g/mol. The van der Waals surface area contributed by atoms with Crippen LogP contribution in [0, 0.1) is 0 Å². The maximum Gasteiger partial charge on any atom is 0.234 e. The number of hydrogen-bond acceptors (Lipinski definition) is 5. The molecule has 84 valence electrons. The number of carbonyl (C=O) groups is 1. The number of hydrogen-bond donors (Lipinski definition) is 1. The van der Waals surface area contributed by atoms with Crippen LogP contribution >= 0.6 is 11.3 Å². The van der Waals surface area contributed by atoms with E-state index in [0.29, 0.717) is 6.41 Å². The number of nitrogens with one attached hydrogen (secondary N) is 1. The lowest BCUT2D eigenvalue weighted by atomic mass is 10.2. The highest BCUT2D eigenvalue weighted by Crippen LogP contribution is 2.30. The molecule has 0 fully saturated rings. The molecule has 0 aliphatic heterocycles. The Kier molecular flexibility index (Phi) is 2.30. The molecule has 0 aliphatic carbocycles. The minimum absolute atomic E-state index is 0.652. The van der Waals surface area contributed by atoms with Gasteiger partial charge in [-0.15, -0.1) is 10.2 Å². The summed E-state index contributed by atoms with van der Waals surface area (Å²) in [5.41, 5.74) is 1.60. The van der Waals surface area contributed by atoms with Crippen LogP contribution in [0.15, 0.2) is 30.6 Å². The van der Waals surface area contributed by atoms with Crippen molar-refractivity contribution in [1.29, 1.82) is 0 Å². The number of nitrogens with zero attached hydrogens (tertiary/aromatic N) is 4. The second-order valence-electron chi connectivity index (χ2n) is 3.27. The zero-order chi connectivity index (χ0) is 11.7. The second kappa shape index (κ2) is 3.95. The minimum atomic E-state index is 0.652. The molecule has 1 aromatic carbocycles. The molecule has 0 aliphatic rings. The predicted octanol–water partition coefficient (Wildman–Crippen LogP) is 1.42. The number of amides is 1. The lowest BCUT2D eigenvalue weighted by molar-refractivity contribution is -0.105. The van der Waals surface area contributed by atoms with Crippen LogP contribution in [0.25, 0.3) is 15.5 Å². The van der Waals surface area contributed by atoms with E-state index in [-0.39, 0.29) is 0 Å². The Morgan fingerprint density at radius 3 is 3.06 bits per heavy atom. The van der Waals surface area contributed by atoms with Crippen molar-refractivity contribution >= 4 is 28.4 Å². The van der Waals surface area contributed by atoms with E-state index in [1.165, 1.54) is 11.3 Å². The molecule has 2 heterocycles. The summed E-state index contributed by atoms with van der Waals surface area (Å²) < 4.78 is 1.61. The molecule has 0 saturated carbocycles. The average Bonchev–Trinajstić information content (AvgIpc) is 2.90. The van der Waals surface area contributed by atoms with Crippen LogP contribution in [0.4, 0.5) is 5.69 Å². The Bertz CT molecular complexity index is 645. The largest absolute Gasteiger partial charge is 0.328 e. The quantitative estimate of drug-likeness (QED) is 0.708. The number of anilines is 1. The monoisotopic (exact) mass is 245 g/mol. The van der Waals surface area contributed by atoms with Gasteiger partial charge in [-0.3, -0.25) is 4.79 Å². The molecule has 17 heavy (non-hydrogen) atoms. The summed E-state index contributed by atoms with van der Waals surface area (Å²) in [5.74, 6) is 0. The van der Waals surface area contributed by atoms with Crippen LogP contribution in [0.1, 0.15) is 0 Å². The van der Waals surface area contributed by atoms with E-state index in [1.807, 2.05) is 24.3 Å². The van der Waals surface area contributed by atoms with Crippen LogP contribution in [0.2, 0.25) is 0 Å².